The molecule has 0 unspecified atom stereocenters. The third kappa shape index (κ3) is 4.14. The molecule has 2 aromatic carbocycles. The topological polar surface area (TPSA) is 64.9 Å². The Morgan fingerprint density at radius 2 is 1.46 bits per heavy atom. The van der Waals surface area contributed by atoms with E-state index >= 15 is 0 Å². The average molecular weight is 321 g/mol. The van der Waals surface area contributed by atoms with Crippen LogP contribution in [0.4, 0.5) is 16.2 Å². The van der Waals surface area contributed by atoms with Gasteiger partial charge in [-0.1, -0.05) is 45.9 Å². The molecule has 0 saturated heterocycles. The fraction of sp³-hybridized carbons (Fsp3) is 0.300. The fourth-order valence-electron chi connectivity index (χ4n) is 2.60. The van der Waals surface area contributed by atoms with Crippen molar-refractivity contribution in [2.45, 2.75) is 39.5 Å². The number of para-hydroxylation sites is 1. The lowest BCUT2D eigenvalue weighted by molar-refractivity contribution is 0.262. The fourth-order valence-corrected chi connectivity index (χ4v) is 2.60. The van der Waals surface area contributed by atoms with E-state index in [0.29, 0.717) is 23.1 Å². The van der Waals surface area contributed by atoms with Crippen molar-refractivity contribution in [1.29, 1.82) is 5.26 Å². The Bertz CT molecular complexity index is 729. The van der Waals surface area contributed by atoms with E-state index in [9.17, 15) is 4.79 Å². The second-order valence-corrected chi connectivity index (χ2v) is 6.39. The summed E-state index contributed by atoms with van der Waals surface area (Å²) in [6.45, 7) is 8.46. The van der Waals surface area contributed by atoms with Gasteiger partial charge in [0.1, 0.15) is 0 Å². The molecular weight excluding hydrogens is 298 g/mol. The molecule has 4 heteroatoms. The zero-order valence-corrected chi connectivity index (χ0v) is 14.6. The average Bonchev–Trinajstić information content (AvgIpc) is 2.55. The van der Waals surface area contributed by atoms with Crippen LogP contribution in [0.2, 0.25) is 0 Å². The van der Waals surface area contributed by atoms with Crippen molar-refractivity contribution in [2.24, 2.45) is 0 Å². The lowest BCUT2D eigenvalue weighted by Gasteiger charge is -2.20. The Morgan fingerprint density at radius 1 is 0.917 bits per heavy atom. The minimum Gasteiger partial charge on any atom is -0.308 e. The Labute approximate surface area is 143 Å². The van der Waals surface area contributed by atoms with Crippen LogP contribution in [-0.4, -0.2) is 6.03 Å². The maximum absolute atomic E-state index is 12.4. The molecule has 24 heavy (non-hydrogen) atoms. The zero-order chi connectivity index (χ0) is 17.7. The predicted octanol–water partition coefficient (Wildman–Crippen LogP) is 5.45. The summed E-state index contributed by atoms with van der Waals surface area (Å²) < 4.78 is 0. The van der Waals surface area contributed by atoms with E-state index in [-0.39, 0.29) is 6.03 Å². The largest absolute Gasteiger partial charge is 0.323 e. The van der Waals surface area contributed by atoms with Gasteiger partial charge in [0.2, 0.25) is 0 Å². The maximum atomic E-state index is 12.4. The Balaban J connectivity index is 2.22. The molecule has 0 aliphatic heterocycles. The first-order chi connectivity index (χ1) is 11.4. The van der Waals surface area contributed by atoms with Gasteiger partial charge >= 0.3 is 6.03 Å². The van der Waals surface area contributed by atoms with Crippen molar-refractivity contribution in [3.05, 3.63) is 59.2 Å². The minimum absolute atomic E-state index is 0.283. The quantitative estimate of drug-likeness (QED) is 0.786. The molecule has 0 atom stereocenters. The molecule has 4 nitrogen and oxygen atoms in total. The van der Waals surface area contributed by atoms with Gasteiger partial charge in [-0.2, -0.15) is 5.26 Å². The molecule has 0 aromatic heterocycles. The molecular formula is C20H23N3O. The van der Waals surface area contributed by atoms with Gasteiger partial charge in [-0.3, -0.25) is 0 Å². The Hall–Kier alpha value is -2.80. The van der Waals surface area contributed by atoms with Gasteiger partial charge in [0.15, 0.2) is 0 Å². The molecule has 0 spiro atoms. The smallest absolute Gasteiger partial charge is 0.308 e. The summed E-state index contributed by atoms with van der Waals surface area (Å²) in [5.41, 5.74) is 4.34. The number of benzene rings is 2. The summed E-state index contributed by atoms with van der Waals surface area (Å²) in [5.74, 6) is 0.628. The number of nitrogens with one attached hydrogen (secondary N) is 2. The van der Waals surface area contributed by atoms with Crippen molar-refractivity contribution < 1.29 is 4.79 Å². The lowest BCUT2D eigenvalue weighted by Crippen LogP contribution is -2.21. The summed E-state index contributed by atoms with van der Waals surface area (Å²) in [5, 5.41) is 14.6. The highest BCUT2D eigenvalue weighted by atomic mass is 16.2. The van der Waals surface area contributed by atoms with Crippen molar-refractivity contribution in [3.63, 3.8) is 0 Å². The van der Waals surface area contributed by atoms with Crippen molar-refractivity contribution in [2.75, 3.05) is 10.6 Å². The molecule has 2 amide bonds. The number of carbonyl (C=O) groups is 1. The number of nitriles is 1. The van der Waals surface area contributed by atoms with Crippen molar-refractivity contribution in [1.82, 2.24) is 0 Å². The highest BCUT2D eigenvalue weighted by Crippen LogP contribution is 2.32. The van der Waals surface area contributed by atoms with E-state index < -0.39 is 0 Å². The number of carbonyl (C=O) groups excluding carboxylic acids is 1. The molecule has 0 aliphatic rings. The van der Waals surface area contributed by atoms with Crippen LogP contribution in [0.5, 0.6) is 0 Å². The van der Waals surface area contributed by atoms with Gasteiger partial charge in [0.05, 0.1) is 11.6 Å². The van der Waals surface area contributed by atoms with Gasteiger partial charge < -0.3 is 10.6 Å². The van der Waals surface area contributed by atoms with Crippen LogP contribution in [0.25, 0.3) is 0 Å². The first-order valence-corrected chi connectivity index (χ1v) is 8.13. The standard InChI is InChI=1S/C20H23N3O/c1-13(2)17-6-5-7-18(14(3)4)19(17)23-20(24)22-16-10-8-15(12-21)9-11-16/h5-11,13-14H,1-4H3,(H2,22,23,24). The molecule has 124 valence electrons. The third-order valence-corrected chi connectivity index (χ3v) is 3.88. The van der Waals surface area contributed by atoms with E-state index in [4.69, 9.17) is 5.26 Å². The lowest BCUT2D eigenvalue weighted by atomic mass is 9.93. The van der Waals surface area contributed by atoms with Gasteiger partial charge in [0.25, 0.3) is 0 Å². The van der Waals surface area contributed by atoms with Crippen molar-refractivity contribution in [3.8, 4) is 6.07 Å². The molecule has 0 fully saturated rings. The molecule has 0 bridgehead atoms. The van der Waals surface area contributed by atoms with E-state index in [1.165, 1.54) is 0 Å². The molecule has 2 rings (SSSR count). The third-order valence-electron chi connectivity index (χ3n) is 3.88. The first kappa shape index (κ1) is 17.6. The molecule has 0 aliphatic carbocycles. The number of nitrogens with zero attached hydrogens (tertiary/aromatic N) is 1. The van der Waals surface area contributed by atoms with E-state index in [1.807, 2.05) is 18.2 Å². The number of amides is 2. The van der Waals surface area contributed by atoms with Crippen LogP contribution < -0.4 is 10.6 Å². The highest BCUT2D eigenvalue weighted by Gasteiger charge is 2.15. The molecule has 2 N–H and O–H groups in total. The summed E-state index contributed by atoms with van der Waals surface area (Å²) in [7, 11) is 0. The summed E-state index contributed by atoms with van der Waals surface area (Å²) in [6, 6.07) is 14.7. The molecule has 0 radical (unpaired) electrons. The van der Waals surface area contributed by atoms with Gasteiger partial charge in [-0.05, 0) is 47.2 Å². The second-order valence-electron chi connectivity index (χ2n) is 6.39. The van der Waals surface area contributed by atoms with Gasteiger partial charge in [-0.25, -0.2) is 4.79 Å². The summed E-state index contributed by atoms with van der Waals surface area (Å²) in [6.07, 6.45) is 0. The number of hydrogen-bond donors (Lipinski definition) is 2. The van der Waals surface area contributed by atoms with Crippen LogP contribution in [-0.2, 0) is 0 Å². The SMILES string of the molecule is CC(C)c1cccc(C(C)C)c1NC(=O)Nc1ccc(C#N)cc1. The number of rotatable bonds is 4. The second kappa shape index (κ2) is 7.65. The zero-order valence-electron chi connectivity index (χ0n) is 14.6. The van der Waals surface area contributed by atoms with Gasteiger partial charge in [0, 0.05) is 11.4 Å². The first-order valence-electron chi connectivity index (χ1n) is 8.13. The number of hydrogen-bond acceptors (Lipinski definition) is 2. The molecule has 0 saturated carbocycles. The van der Waals surface area contributed by atoms with E-state index in [2.05, 4.69) is 44.4 Å². The van der Waals surface area contributed by atoms with E-state index in [1.54, 1.807) is 24.3 Å². The van der Waals surface area contributed by atoms with Crippen LogP contribution in [0.3, 0.4) is 0 Å². The van der Waals surface area contributed by atoms with Crippen LogP contribution in [0, 0.1) is 11.3 Å². The Morgan fingerprint density at radius 3 is 1.92 bits per heavy atom. The van der Waals surface area contributed by atoms with Crippen molar-refractivity contribution >= 4 is 17.4 Å². The number of urea groups is 1. The maximum Gasteiger partial charge on any atom is 0.323 e. The monoisotopic (exact) mass is 321 g/mol. The van der Waals surface area contributed by atoms with E-state index in [0.717, 1.165) is 16.8 Å². The Kier molecular flexibility index (Phi) is 5.59. The van der Waals surface area contributed by atoms with Crippen LogP contribution >= 0.6 is 0 Å². The number of anilines is 2. The summed E-state index contributed by atoms with van der Waals surface area (Å²) in [4.78, 5) is 12.4. The minimum atomic E-state index is -0.283. The van der Waals surface area contributed by atoms with Crippen LogP contribution in [0.1, 0.15) is 56.2 Å². The van der Waals surface area contributed by atoms with Gasteiger partial charge in [-0.15, -0.1) is 0 Å². The van der Waals surface area contributed by atoms with Crippen LogP contribution in [0.15, 0.2) is 42.5 Å². The molecule has 2 aromatic rings. The normalized spacial score (nSPS) is 10.5. The molecule has 0 heterocycles. The summed E-state index contributed by atoms with van der Waals surface area (Å²) >= 11 is 0. The highest BCUT2D eigenvalue weighted by molar-refractivity contribution is 6.00. The predicted molar refractivity (Wildman–Crippen MR) is 98.4 cm³/mol.